The van der Waals surface area contributed by atoms with Gasteiger partial charge in [-0.05, 0) is 248 Å². The molecule has 42 heteroatoms. The standard InChI is InChI=1S/C101H167N25O17/c1-59(2)51-78(85(109)127)120-87(129)64(10)111-93(135)75(42-24-30-48-105)119-100(142)83(56-68-35-17-14-18-36-68)126-99(141)81(54-62(7)8)124-94(136)76(43-25-31-49-106)115-86(128)63(9)114-96(138)84(57-69-58-110-72-39-20-19-37-70(69)72)122-89(131)66(12)113-92(134)74(41-23-29-47-104)118-98(140)80(53-61(5)6)125-101(143)82(55-67-33-15-13-16-34-67)121-88(130)65(11)112-91(133)73(40-22-28-46-103)117-97(139)79(52-60(3)4)123-95(137)77(44-26-32-50-107)116-90(132)71(108)38-21-27-45-102/h13-20,33-37,39,58-66,71,73-84,110H,21-32,38,40-57,102-108H2,1-12H3,(H2,109,127)(H,111,135)(H,112,133)(H,113,134)(H,114,138)(H,115,128)(H,116,132)(H,117,139)(H,118,140)(H,119,142)(H,120,129)(H,121,130)(H,122,131)(H,123,137)(H,124,136)(H,125,143)(H,126,141)/t63-,64-,65-,66-,71-,73-,74-,75-,76-,77-,78-,79-,80-,81-,82-,83-,84-/m0/s1. The van der Waals surface area contributed by atoms with Gasteiger partial charge in [0.15, 0.2) is 0 Å². The van der Waals surface area contributed by atoms with Gasteiger partial charge < -0.3 is 136 Å². The van der Waals surface area contributed by atoms with Gasteiger partial charge in [0, 0.05) is 36.4 Å². The molecular weight excluding hydrogens is 1840 g/mol. The van der Waals surface area contributed by atoms with Gasteiger partial charge in [-0.25, -0.2) is 0 Å². The van der Waals surface area contributed by atoms with Crippen LogP contribution in [0.4, 0.5) is 0 Å². The SMILES string of the molecule is CC(C)C[C@H](NC(=O)[C@H](C)NC(=O)[C@H](CCCCN)NC(=O)[C@H](Cc1ccccc1)NC(=O)[C@H](CC(C)C)NC(=O)[C@H](CCCCN)NC(=O)[C@H](C)NC(=O)[C@H](Cc1c[nH]c2ccccc12)NC(=O)[C@H](C)NC(=O)[C@H](CCCCN)NC(=O)[C@H](CC(C)C)NC(=O)[C@H](Cc1ccccc1)NC(=O)[C@H](C)NC(=O)[C@H](CCCCN)NC(=O)[C@H](CC(C)C)NC(=O)[C@H](CCCCN)NC(=O)[C@@H](N)CCCCN)C(N)=O. The maximum atomic E-state index is 14.9. The largest absolute Gasteiger partial charge is 0.368 e. The Balaban J connectivity index is 1.59. The zero-order valence-corrected chi connectivity index (χ0v) is 85.8. The van der Waals surface area contributed by atoms with Crippen LogP contribution < -0.4 is 131 Å². The van der Waals surface area contributed by atoms with Gasteiger partial charge >= 0.3 is 0 Å². The summed E-state index contributed by atoms with van der Waals surface area (Å²) in [6.07, 6.45) is 7.63. The van der Waals surface area contributed by atoms with Gasteiger partial charge in [-0.1, -0.05) is 141 Å². The Kier molecular flexibility index (Phi) is 57.5. The van der Waals surface area contributed by atoms with E-state index in [0.717, 1.165) is 0 Å². The van der Waals surface area contributed by atoms with Crippen LogP contribution in [-0.4, -0.2) is 247 Å². The van der Waals surface area contributed by atoms with Gasteiger partial charge in [-0.3, -0.25) is 81.5 Å². The molecule has 0 spiro atoms. The molecule has 0 bridgehead atoms. The normalized spacial score (nSPS) is 15.0. The Morgan fingerprint density at radius 3 is 0.776 bits per heavy atom. The molecule has 1 aromatic heterocycles. The highest BCUT2D eigenvalue weighted by Crippen LogP contribution is 2.22. The number of benzene rings is 3. The second-order valence-electron chi connectivity index (χ2n) is 38.8. The highest BCUT2D eigenvalue weighted by Gasteiger charge is 2.40. The number of amides is 17. The van der Waals surface area contributed by atoms with E-state index in [2.05, 4.69) is 90.1 Å². The van der Waals surface area contributed by atoms with E-state index in [0.29, 0.717) is 124 Å². The van der Waals surface area contributed by atoms with Crippen LogP contribution in [0.3, 0.4) is 0 Å². The van der Waals surface area contributed by atoms with Crippen LogP contribution in [0.1, 0.15) is 241 Å². The summed E-state index contributed by atoms with van der Waals surface area (Å²) in [5.41, 5.74) is 49.3. The van der Waals surface area contributed by atoms with Crippen molar-refractivity contribution < 1.29 is 81.5 Å². The Morgan fingerprint density at radius 1 is 0.245 bits per heavy atom. The third-order valence-corrected chi connectivity index (χ3v) is 24.2. The van der Waals surface area contributed by atoms with Gasteiger partial charge in [-0.15, -0.1) is 0 Å². The lowest BCUT2D eigenvalue weighted by Gasteiger charge is -2.28. The van der Waals surface area contributed by atoms with Crippen LogP contribution in [-0.2, 0) is 101 Å². The molecule has 0 radical (unpaired) electrons. The summed E-state index contributed by atoms with van der Waals surface area (Å²) in [5.74, 6) is -13.9. The fraction of sp³-hybridized carbons (Fsp3) is 0.634. The summed E-state index contributed by atoms with van der Waals surface area (Å²) in [6.45, 7) is 21.8. The molecule has 3 aromatic carbocycles. The molecule has 42 nitrogen and oxygen atoms in total. The average Bonchev–Trinajstić information content (AvgIpc) is 1.67. The molecule has 0 aliphatic carbocycles. The third kappa shape index (κ3) is 46.5. The van der Waals surface area contributed by atoms with Gasteiger partial charge in [-0.2, -0.15) is 0 Å². The van der Waals surface area contributed by atoms with E-state index >= 15 is 0 Å². The van der Waals surface area contributed by atoms with Crippen molar-refractivity contribution in [3.05, 3.63) is 108 Å². The first-order valence-electron chi connectivity index (χ1n) is 50.7. The third-order valence-electron chi connectivity index (χ3n) is 24.2. The molecule has 17 atom stereocenters. The number of nitrogens with one attached hydrogen (secondary N) is 17. The quantitative estimate of drug-likeness (QED) is 0.0255. The van der Waals surface area contributed by atoms with Crippen LogP contribution >= 0.6 is 0 Å². The van der Waals surface area contributed by atoms with Crippen molar-refractivity contribution in [1.29, 1.82) is 0 Å². The van der Waals surface area contributed by atoms with Gasteiger partial charge in [0.25, 0.3) is 0 Å². The van der Waals surface area contributed by atoms with Crippen molar-refractivity contribution in [1.82, 2.24) is 90.1 Å². The van der Waals surface area contributed by atoms with E-state index in [1.807, 2.05) is 27.7 Å². The molecule has 143 heavy (non-hydrogen) atoms. The molecule has 4 rings (SSSR count). The molecular formula is C101H167N25O17. The number of rotatable bonds is 71. The topological polar surface area (TPSA) is 707 Å². The van der Waals surface area contributed by atoms with Gasteiger partial charge in [0.1, 0.15) is 96.7 Å². The molecule has 17 amide bonds. The molecule has 0 aliphatic rings. The first-order valence-corrected chi connectivity index (χ1v) is 50.7. The van der Waals surface area contributed by atoms with Crippen molar-refractivity contribution in [2.45, 2.75) is 346 Å². The zero-order valence-electron chi connectivity index (χ0n) is 85.8. The number of hydrogen-bond donors (Lipinski definition) is 25. The number of para-hydroxylation sites is 1. The molecule has 4 aromatic rings. The minimum atomic E-state index is -1.47. The van der Waals surface area contributed by atoms with Crippen LogP contribution in [0, 0.1) is 23.7 Å². The molecule has 798 valence electrons. The second-order valence-corrected chi connectivity index (χ2v) is 38.8. The van der Waals surface area contributed by atoms with Crippen molar-refractivity contribution >= 4 is 111 Å². The van der Waals surface area contributed by atoms with Crippen LogP contribution in [0.15, 0.2) is 91.1 Å². The Bertz CT molecular complexity index is 4660. The number of H-pyrrole nitrogens is 1. The predicted octanol–water partition coefficient (Wildman–Crippen LogP) is -0.197. The van der Waals surface area contributed by atoms with E-state index < -0.39 is 203 Å². The van der Waals surface area contributed by atoms with Gasteiger partial charge in [0.2, 0.25) is 100 Å². The minimum Gasteiger partial charge on any atom is -0.368 e. The van der Waals surface area contributed by atoms with E-state index in [4.69, 9.17) is 45.9 Å². The summed E-state index contributed by atoms with van der Waals surface area (Å²) < 4.78 is 0. The number of aromatic nitrogens is 1. The molecule has 0 saturated carbocycles. The Labute approximate surface area is 841 Å². The molecule has 0 aliphatic heterocycles. The predicted molar refractivity (Wildman–Crippen MR) is 548 cm³/mol. The number of carbonyl (C=O) groups excluding carboxylic acids is 17. The number of unbranched alkanes of at least 4 members (excludes halogenated alkanes) is 6. The maximum Gasteiger partial charge on any atom is 0.243 e. The maximum absolute atomic E-state index is 14.9. The lowest BCUT2D eigenvalue weighted by atomic mass is 9.99. The molecule has 0 unspecified atom stereocenters. The molecule has 0 fully saturated rings. The minimum absolute atomic E-state index is 0.00324. The van der Waals surface area contributed by atoms with Crippen molar-refractivity contribution in [3.63, 3.8) is 0 Å². The Hall–Kier alpha value is -12.1. The average molecular weight is 2000 g/mol. The first-order chi connectivity index (χ1) is 68.0. The number of hydrogen-bond acceptors (Lipinski definition) is 24. The van der Waals surface area contributed by atoms with E-state index in [-0.39, 0.29) is 127 Å². The van der Waals surface area contributed by atoms with Crippen molar-refractivity contribution in [2.24, 2.45) is 69.5 Å². The summed E-state index contributed by atoms with van der Waals surface area (Å²) >= 11 is 0. The highest BCUT2D eigenvalue weighted by molar-refractivity contribution is 6.02. The van der Waals surface area contributed by atoms with Crippen LogP contribution in [0.5, 0.6) is 0 Å². The number of aromatic amines is 1. The Morgan fingerprint density at radius 2 is 0.469 bits per heavy atom. The number of nitrogens with two attached hydrogens (primary N) is 8. The summed E-state index contributed by atoms with van der Waals surface area (Å²) in [7, 11) is 0. The second kappa shape index (κ2) is 66.7. The fourth-order valence-corrected chi connectivity index (χ4v) is 16.0. The van der Waals surface area contributed by atoms with E-state index in [1.165, 1.54) is 27.7 Å². The van der Waals surface area contributed by atoms with Crippen LogP contribution in [0.25, 0.3) is 10.9 Å². The first kappa shape index (κ1) is 123. The molecule has 33 N–H and O–H groups in total. The van der Waals surface area contributed by atoms with E-state index in [9.17, 15) is 81.5 Å². The van der Waals surface area contributed by atoms with Crippen molar-refractivity contribution in [2.75, 3.05) is 39.3 Å². The summed E-state index contributed by atoms with van der Waals surface area (Å²) in [5, 5.41) is 44.5. The lowest BCUT2D eigenvalue weighted by Crippen LogP contribution is -2.61. The summed E-state index contributed by atoms with van der Waals surface area (Å²) in [6, 6.07) is 2.75. The number of primary amides is 1. The highest BCUT2D eigenvalue weighted by atomic mass is 16.2. The molecule has 0 saturated heterocycles. The number of fused-ring (bicyclic) bond motifs is 1. The van der Waals surface area contributed by atoms with Crippen LogP contribution in [0.2, 0.25) is 0 Å². The lowest BCUT2D eigenvalue weighted by molar-refractivity contribution is -0.136. The summed E-state index contributed by atoms with van der Waals surface area (Å²) in [4.78, 5) is 247. The van der Waals surface area contributed by atoms with E-state index in [1.54, 1.807) is 119 Å². The van der Waals surface area contributed by atoms with Crippen molar-refractivity contribution in [3.8, 4) is 0 Å². The number of carbonyl (C=O) groups is 17. The monoisotopic (exact) mass is 2000 g/mol. The molecule has 1 heterocycles. The van der Waals surface area contributed by atoms with Gasteiger partial charge in [0.05, 0.1) is 6.04 Å². The smallest absolute Gasteiger partial charge is 0.243 e. The fourth-order valence-electron chi connectivity index (χ4n) is 16.0. The zero-order chi connectivity index (χ0) is 106.